The Balaban J connectivity index is 2.51. The Labute approximate surface area is 81.8 Å². The van der Waals surface area contributed by atoms with E-state index in [4.69, 9.17) is 5.11 Å². The lowest BCUT2D eigenvalue weighted by molar-refractivity contribution is 0.174. The topological polar surface area (TPSA) is 58.6 Å². The van der Waals surface area contributed by atoms with Crippen molar-refractivity contribution >= 4 is 11.8 Å². The van der Waals surface area contributed by atoms with Crippen LogP contribution in [0.1, 0.15) is 0 Å². The zero-order valence-corrected chi connectivity index (χ0v) is 7.56. The highest BCUT2D eigenvalue weighted by atomic mass is 16.5. The lowest BCUT2D eigenvalue weighted by Gasteiger charge is -2.04. The Bertz CT molecular complexity index is 336. The molecule has 0 aromatic heterocycles. The molecule has 0 aliphatic heterocycles. The Morgan fingerprint density at radius 1 is 1.64 bits per heavy atom. The fraction of sp³-hybridized carbons (Fsp3) is 0.100. The van der Waals surface area contributed by atoms with Gasteiger partial charge in [0.1, 0.15) is 12.4 Å². The number of rotatable bonds is 3. The molecule has 0 atom stereocenters. The molecular weight excluding hydrogens is 182 g/mol. The van der Waals surface area contributed by atoms with Gasteiger partial charge in [0.15, 0.2) is 0 Å². The van der Waals surface area contributed by atoms with Crippen molar-refractivity contribution in [1.82, 2.24) is 0 Å². The number of hydrogen-bond acceptors (Lipinski definition) is 3. The van der Waals surface area contributed by atoms with Crippen LogP contribution in [0.25, 0.3) is 0 Å². The Morgan fingerprint density at radius 3 is 3.07 bits per heavy atom. The highest BCUT2D eigenvalue weighted by Crippen LogP contribution is 2.15. The molecule has 0 spiro atoms. The summed E-state index contributed by atoms with van der Waals surface area (Å²) in [5.41, 5.74) is 0.485. The van der Waals surface area contributed by atoms with Gasteiger partial charge in [0, 0.05) is 11.8 Å². The van der Waals surface area contributed by atoms with Crippen molar-refractivity contribution in [2.45, 2.75) is 0 Å². The maximum absolute atomic E-state index is 11.0. The highest BCUT2D eigenvalue weighted by molar-refractivity contribution is 5.84. The predicted octanol–water partition coefficient (Wildman–Crippen LogP) is 2.13. The number of phenols is 1. The van der Waals surface area contributed by atoms with Crippen molar-refractivity contribution in [2.75, 3.05) is 11.9 Å². The van der Waals surface area contributed by atoms with Gasteiger partial charge in [-0.25, -0.2) is 4.79 Å². The van der Waals surface area contributed by atoms with Gasteiger partial charge in [-0.2, -0.15) is 0 Å². The number of nitrogens with one attached hydrogen (secondary N) is 1. The summed E-state index contributed by atoms with van der Waals surface area (Å²) >= 11 is 0. The van der Waals surface area contributed by atoms with E-state index in [9.17, 15) is 4.79 Å². The molecular formula is C10H11NO3. The third-order valence-electron chi connectivity index (χ3n) is 1.42. The number of aromatic hydroxyl groups is 1. The molecule has 1 aromatic carbocycles. The van der Waals surface area contributed by atoms with E-state index < -0.39 is 6.09 Å². The van der Waals surface area contributed by atoms with Crippen molar-refractivity contribution in [2.24, 2.45) is 0 Å². The summed E-state index contributed by atoms with van der Waals surface area (Å²) < 4.78 is 4.69. The molecule has 0 radical (unpaired) electrons. The van der Waals surface area contributed by atoms with Crippen LogP contribution in [0.4, 0.5) is 10.5 Å². The molecule has 0 saturated carbocycles. The Hall–Kier alpha value is -1.97. The Kier molecular flexibility index (Phi) is 3.55. The second-order valence-electron chi connectivity index (χ2n) is 2.56. The van der Waals surface area contributed by atoms with Gasteiger partial charge in [-0.05, 0) is 12.1 Å². The second kappa shape index (κ2) is 4.91. The molecule has 0 fully saturated rings. The predicted molar refractivity (Wildman–Crippen MR) is 53.3 cm³/mol. The van der Waals surface area contributed by atoms with Crippen LogP contribution in [-0.2, 0) is 4.74 Å². The largest absolute Gasteiger partial charge is 0.508 e. The van der Waals surface area contributed by atoms with Gasteiger partial charge < -0.3 is 9.84 Å². The SMILES string of the molecule is C=CCOC(=O)Nc1cccc(O)c1. The molecule has 14 heavy (non-hydrogen) atoms. The summed E-state index contributed by atoms with van der Waals surface area (Å²) in [5, 5.41) is 11.5. The summed E-state index contributed by atoms with van der Waals surface area (Å²) in [6, 6.07) is 6.21. The smallest absolute Gasteiger partial charge is 0.411 e. The van der Waals surface area contributed by atoms with E-state index in [0.29, 0.717) is 5.69 Å². The first-order valence-electron chi connectivity index (χ1n) is 4.06. The van der Waals surface area contributed by atoms with Gasteiger partial charge in [-0.3, -0.25) is 5.32 Å². The average molecular weight is 193 g/mol. The van der Waals surface area contributed by atoms with Crippen LogP contribution in [0, 0.1) is 0 Å². The highest BCUT2D eigenvalue weighted by Gasteiger charge is 2.01. The lowest BCUT2D eigenvalue weighted by atomic mass is 10.3. The number of ether oxygens (including phenoxy) is 1. The lowest BCUT2D eigenvalue weighted by Crippen LogP contribution is -2.13. The number of hydrogen-bond donors (Lipinski definition) is 2. The summed E-state index contributed by atoms with van der Waals surface area (Å²) in [6.07, 6.45) is 0.901. The molecule has 4 nitrogen and oxygen atoms in total. The van der Waals surface area contributed by atoms with E-state index in [0.717, 1.165) is 0 Å². The van der Waals surface area contributed by atoms with Crippen molar-refractivity contribution < 1.29 is 14.6 Å². The fourth-order valence-electron chi connectivity index (χ4n) is 0.872. The molecule has 0 unspecified atom stereocenters. The molecule has 1 amide bonds. The second-order valence-corrected chi connectivity index (χ2v) is 2.56. The quantitative estimate of drug-likeness (QED) is 0.723. The van der Waals surface area contributed by atoms with E-state index >= 15 is 0 Å². The molecule has 74 valence electrons. The molecule has 4 heteroatoms. The number of carbonyl (C=O) groups excluding carboxylic acids is 1. The van der Waals surface area contributed by atoms with E-state index in [1.165, 1.54) is 18.2 Å². The van der Waals surface area contributed by atoms with Crippen LogP contribution in [0.2, 0.25) is 0 Å². The monoisotopic (exact) mass is 193 g/mol. The van der Waals surface area contributed by atoms with Crippen LogP contribution < -0.4 is 5.32 Å². The van der Waals surface area contributed by atoms with Crippen LogP contribution in [-0.4, -0.2) is 17.8 Å². The van der Waals surface area contributed by atoms with Crippen LogP contribution in [0.15, 0.2) is 36.9 Å². The number of phenolic OH excluding ortho intramolecular Hbond substituents is 1. The van der Waals surface area contributed by atoms with Crippen molar-refractivity contribution in [3.8, 4) is 5.75 Å². The first-order chi connectivity index (χ1) is 6.72. The van der Waals surface area contributed by atoms with Gasteiger partial charge in [0.05, 0.1) is 0 Å². The van der Waals surface area contributed by atoms with Crippen LogP contribution in [0.5, 0.6) is 5.75 Å². The standard InChI is InChI=1S/C10H11NO3/c1-2-6-14-10(13)11-8-4-3-5-9(12)7-8/h2-5,7,12H,1,6H2,(H,11,13). The van der Waals surface area contributed by atoms with Crippen molar-refractivity contribution in [3.05, 3.63) is 36.9 Å². The maximum Gasteiger partial charge on any atom is 0.411 e. The Morgan fingerprint density at radius 2 is 2.43 bits per heavy atom. The van der Waals surface area contributed by atoms with Crippen molar-refractivity contribution in [3.63, 3.8) is 0 Å². The van der Waals surface area contributed by atoms with Gasteiger partial charge in [0.2, 0.25) is 0 Å². The molecule has 1 rings (SSSR count). The van der Waals surface area contributed by atoms with Gasteiger partial charge in [-0.15, -0.1) is 0 Å². The normalized spacial score (nSPS) is 9.14. The third kappa shape index (κ3) is 3.18. The zero-order valence-electron chi connectivity index (χ0n) is 7.56. The van der Waals surface area contributed by atoms with E-state index in [-0.39, 0.29) is 12.4 Å². The minimum Gasteiger partial charge on any atom is -0.508 e. The van der Waals surface area contributed by atoms with Gasteiger partial charge in [-0.1, -0.05) is 18.7 Å². The molecule has 1 aromatic rings. The summed E-state index contributed by atoms with van der Waals surface area (Å²) in [5.74, 6) is 0.0894. The minimum atomic E-state index is -0.574. The average Bonchev–Trinajstić information content (AvgIpc) is 2.15. The third-order valence-corrected chi connectivity index (χ3v) is 1.42. The molecule has 0 saturated heterocycles. The number of amides is 1. The van der Waals surface area contributed by atoms with Crippen LogP contribution >= 0.6 is 0 Å². The summed E-state index contributed by atoms with van der Waals surface area (Å²) in [6.45, 7) is 3.57. The molecule has 0 bridgehead atoms. The van der Waals surface area contributed by atoms with E-state index in [1.54, 1.807) is 12.1 Å². The van der Waals surface area contributed by atoms with E-state index in [2.05, 4.69) is 16.6 Å². The number of benzene rings is 1. The summed E-state index contributed by atoms with van der Waals surface area (Å²) in [4.78, 5) is 11.0. The first kappa shape index (κ1) is 10.1. The fourth-order valence-corrected chi connectivity index (χ4v) is 0.872. The first-order valence-corrected chi connectivity index (χ1v) is 4.06. The molecule has 0 aliphatic carbocycles. The number of carbonyl (C=O) groups is 1. The van der Waals surface area contributed by atoms with E-state index in [1.807, 2.05) is 0 Å². The summed E-state index contributed by atoms with van der Waals surface area (Å²) in [7, 11) is 0. The van der Waals surface area contributed by atoms with Gasteiger partial charge in [0.25, 0.3) is 0 Å². The minimum absolute atomic E-state index is 0.0894. The van der Waals surface area contributed by atoms with Crippen molar-refractivity contribution in [1.29, 1.82) is 0 Å². The van der Waals surface area contributed by atoms with Crippen LogP contribution in [0.3, 0.4) is 0 Å². The molecule has 0 heterocycles. The molecule has 0 aliphatic rings. The van der Waals surface area contributed by atoms with Gasteiger partial charge >= 0.3 is 6.09 Å². The molecule has 2 N–H and O–H groups in total. The number of anilines is 1. The zero-order chi connectivity index (χ0) is 10.4. The maximum atomic E-state index is 11.0.